The molecule has 2 aliphatic rings. The third kappa shape index (κ3) is 4.77. The van der Waals surface area contributed by atoms with E-state index in [0.717, 1.165) is 18.4 Å². The van der Waals surface area contributed by atoms with E-state index in [1.165, 1.54) is 0 Å². The summed E-state index contributed by atoms with van der Waals surface area (Å²) in [5.41, 5.74) is 10.5. The lowest BCUT2D eigenvalue weighted by Gasteiger charge is -2.40. The van der Waals surface area contributed by atoms with Crippen LogP contribution in [0, 0.1) is 5.92 Å². The molecule has 2 fully saturated rings. The minimum atomic E-state index is -0.501. The van der Waals surface area contributed by atoms with Crippen LogP contribution in [0.3, 0.4) is 0 Å². The summed E-state index contributed by atoms with van der Waals surface area (Å²) < 4.78 is 11.5. The van der Waals surface area contributed by atoms with Gasteiger partial charge in [-0.25, -0.2) is 4.79 Å². The highest BCUT2D eigenvalue weighted by atomic mass is 16.6. The molecule has 32 heavy (non-hydrogen) atoms. The SMILES string of the molecule is CN1C2CC[C@@H]1C[C@H](OC(=O)c1ccccc1)[C@@H]2C(=O)OCCc1ccc(N=[N+]=[N-])cc1. The number of hydrogen-bond acceptors (Lipinski definition) is 6. The van der Waals surface area contributed by atoms with Crippen LogP contribution in [0.1, 0.15) is 35.2 Å². The number of azide groups is 1. The first-order valence-electron chi connectivity index (χ1n) is 10.9. The van der Waals surface area contributed by atoms with Gasteiger partial charge in [-0.2, -0.15) is 0 Å². The molecule has 0 aromatic heterocycles. The van der Waals surface area contributed by atoms with Gasteiger partial charge in [0.05, 0.1) is 12.2 Å². The summed E-state index contributed by atoms with van der Waals surface area (Å²) in [6, 6.07) is 16.3. The van der Waals surface area contributed by atoms with Crippen molar-refractivity contribution in [2.24, 2.45) is 11.0 Å². The van der Waals surface area contributed by atoms with Crippen molar-refractivity contribution in [3.8, 4) is 0 Å². The number of carbonyl (C=O) groups is 2. The van der Waals surface area contributed by atoms with Gasteiger partial charge in [0.2, 0.25) is 0 Å². The van der Waals surface area contributed by atoms with Crippen LogP contribution in [0.25, 0.3) is 10.4 Å². The van der Waals surface area contributed by atoms with Gasteiger partial charge in [0.25, 0.3) is 0 Å². The molecule has 1 unspecified atom stereocenters. The van der Waals surface area contributed by atoms with Gasteiger partial charge < -0.3 is 9.47 Å². The zero-order chi connectivity index (χ0) is 22.5. The van der Waals surface area contributed by atoms with Crippen LogP contribution in [0.4, 0.5) is 5.69 Å². The molecule has 0 aliphatic carbocycles. The molecule has 8 heteroatoms. The molecule has 0 N–H and O–H groups in total. The maximum absolute atomic E-state index is 13.1. The first kappa shape index (κ1) is 21.9. The monoisotopic (exact) mass is 434 g/mol. The highest BCUT2D eigenvalue weighted by molar-refractivity contribution is 5.89. The van der Waals surface area contributed by atoms with E-state index in [4.69, 9.17) is 15.0 Å². The van der Waals surface area contributed by atoms with E-state index in [1.807, 2.05) is 25.2 Å². The lowest BCUT2D eigenvalue weighted by molar-refractivity contribution is -0.159. The molecule has 0 spiro atoms. The molecule has 4 atom stereocenters. The lowest BCUT2D eigenvalue weighted by atomic mass is 9.87. The van der Waals surface area contributed by atoms with E-state index < -0.39 is 18.0 Å². The number of hydrogen-bond donors (Lipinski definition) is 0. The van der Waals surface area contributed by atoms with Gasteiger partial charge in [-0.3, -0.25) is 9.69 Å². The normalized spacial score (nSPS) is 24.4. The predicted molar refractivity (Wildman–Crippen MR) is 118 cm³/mol. The van der Waals surface area contributed by atoms with Gasteiger partial charge in [0.1, 0.15) is 12.0 Å². The molecule has 166 valence electrons. The number of esters is 2. The van der Waals surface area contributed by atoms with Crippen molar-refractivity contribution in [1.82, 2.24) is 4.90 Å². The molecular weight excluding hydrogens is 408 g/mol. The third-order valence-electron chi connectivity index (χ3n) is 6.49. The van der Waals surface area contributed by atoms with Crippen LogP contribution < -0.4 is 0 Å². The molecule has 0 saturated carbocycles. The van der Waals surface area contributed by atoms with Crippen LogP contribution in [0.15, 0.2) is 59.7 Å². The number of nitrogens with zero attached hydrogens (tertiary/aromatic N) is 4. The molecule has 2 saturated heterocycles. The summed E-state index contributed by atoms with van der Waals surface area (Å²) in [4.78, 5) is 30.7. The Labute approximate surface area is 186 Å². The van der Waals surface area contributed by atoms with E-state index in [0.29, 0.717) is 30.1 Å². The van der Waals surface area contributed by atoms with E-state index in [2.05, 4.69) is 14.9 Å². The second-order valence-corrected chi connectivity index (χ2v) is 8.31. The van der Waals surface area contributed by atoms with Crippen molar-refractivity contribution in [2.45, 2.75) is 43.9 Å². The van der Waals surface area contributed by atoms with E-state index in [1.54, 1.807) is 36.4 Å². The van der Waals surface area contributed by atoms with E-state index >= 15 is 0 Å². The fourth-order valence-corrected chi connectivity index (χ4v) is 4.78. The van der Waals surface area contributed by atoms with Crippen molar-refractivity contribution in [3.05, 3.63) is 76.2 Å². The maximum atomic E-state index is 13.1. The zero-order valence-corrected chi connectivity index (χ0v) is 18.0. The summed E-state index contributed by atoms with van der Waals surface area (Å²) in [6.45, 7) is 0.232. The van der Waals surface area contributed by atoms with E-state index in [-0.39, 0.29) is 18.6 Å². The molecule has 2 bridgehead atoms. The fraction of sp³-hybridized carbons (Fsp3) is 0.417. The highest BCUT2D eigenvalue weighted by Crippen LogP contribution is 2.40. The fourth-order valence-electron chi connectivity index (χ4n) is 4.78. The molecule has 2 aromatic rings. The van der Waals surface area contributed by atoms with Crippen molar-refractivity contribution in [3.63, 3.8) is 0 Å². The second kappa shape index (κ2) is 9.85. The highest BCUT2D eigenvalue weighted by Gasteiger charge is 2.51. The van der Waals surface area contributed by atoms with Crippen molar-refractivity contribution >= 4 is 17.6 Å². The Morgan fingerprint density at radius 1 is 1.12 bits per heavy atom. The molecule has 2 aliphatic heterocycles. The number of carbonyl (C=O) groups excluding carboxylic acids is 2. The summed E-state index contributed by atoms with van der Waals surface area (Å²) in [5, 5.41) is 3.55. The molecule has 0 radical (unpaired) electrons. The Kier molecular flexibility index (Phi) is 6.73. The molecule has 8 nitrogen and oxygen atoms in total. The molecule has 2 aromatic carbocycles. The van der Waals surface area contributed by atoms with Crippen LogP contribution in [-0.4, -0.2) is 48.7 Å². The number of rotatable bonds is 7. The average Bonchev–Trinajstić information content (AvgIpc) is 3.04. The minimum absolute atomic E-state index is 0.0120. The van der Waals surface area contributed by atoms with E-state index in [9.17, 15) is 9.59 Å². The molecular formula is C24H26N4O4. The first-order chi connectivity index (χ1) is 15.6. The zero-order valence-electron chi connectivity index (χ0n) is 18.0. The topological polar surface area (TPSA) is 105 Å². The largest absolute Gasteiger partial charge is 0.465 e. The summed E-state index contributed by atoms with van der Waals surface area (Å²) in [6.07, 6.45) is 2.56. The smallest absolute Gasteiger partial charge is 0.338 e. The standard InChI is InChI=1S/C24H26N4O4/c1-28-19-11-12-20(28)22(21(15-19)32-23(29)17-5-3-2-4-6-17)24(30)31-14-13-16-7-9-18(10-8-16)26-27-25/h2-10,19-22H,11-15H2,1H3/t19-,20?,21+,22-/m1/s1. The number of piperidine rings is 1. The number of fused-ring (bicyclic) bond motifs is 2. The van der Waals surface area contributed by atoms with Crippen LogP contribution in [0.2, 0.25) is 0 Å². The molecule has 2 heterocycles. The lowest BCUT2D eigenvalue weighted by Crippen LogP contribution is -2.53. The Balaban J connectivity index is 1.40. The average molecular weight is 434 g/mol. The maximum Gasteiger partial charge on any atom is 0.338 e. The Bertz CT molecular complexity index is 1000. The van der Waals surface area contributed by atoms with Crippen molar-refractivity contribution in [1.29, 1.82) is 0 Å². The molecule has 0 amide bonds. The Hall–Kier alpha value is -3.35. The predicted octanol–water partition coefficient (Wildman–Crippen LogP) is 4.42. The first-order valence-corrected chi connectivity index (χ1v) is 10.9. The van der Waals surface area contributed by atoms with Crippen molar-refractivity contribution < 1.29 is 19.1 Å². The minimum Gasteiger partial charge on any atom is -0.465 e. The van der Waals surface area contributed by atoms with Gasteiger partial charge in [-0.05, 0) is 43.1 Å². The van der Waals surface area contributed by atoms with Crippen LogP contribution in [-0.2, 0) is 20.7 Å². The Morgan fingerprint density at radius 2 is 1.88 bits per heavy atom. The number of ether oxygens (including phenoxy) is 2. The van der Waals surface area contributed by atoms with Crippen LogP contribution in [0.5, 0.6) is 0 Å². The van der Waals surface area contributed by atoms with Crippen molar-refractivity contribution in [2.75, 3.05) is 13.7 Å². The number of benzene rings is 2. The van der Waals surface area contributed by atoms with Gasteiger partial charge in [-0.15, -0.1) is 0 Å². The Morgan fingerprint density at radius 3 is 2.59 bits per heavy atom. The second-order valence-electron chi connectivity index (χ2n) is 8.31. The molecule has 4 rings (SSSR count). The summed E-state index contributed by atoms with van der Waals surface area (Å²) >= 11 is 0. The third-order valence-corrected chi connectivity index (χ3v) is 6.49. The van der Waals surface area contributed by atoms with Gasteiger partial charge >= 0.3 is 11.9 Å². The van der Waals surface area contributed by atoms with Gasteiger partial charge in [-0.1, -0.05) is 47.6 Å². The summed E-state index contributed by atoms with van der Waals surface area (Å²) in [7, 11) is 2.03. The van der Waals surface area contributed by atoms with Crippen LogP contribution >= 0.6 is 0 Å². The quantitative estimate of drug-likeness (QED) is 0.278. The summed E-state index contributed by atoms with van der Waals surface area (Å²) in [5.74, 6) is -1.23. The van der Waals surface area contributed by atoms with Gasteiger partial charge in [0, 0.05) is 35.5 Å². The van der Waals surface area contributed by atoms with Gasteiger partial charge in [0.15, 0.2) is 0 Å².